The molecule has 2 aliphatic carbocycles. The van der Waals surface area contributed by atoms with Gasteiger partial charge in [0.15, 0.2) is 0 Å². The van der Waals surface area contributed by atoms with Gasteiger partial charge in [0, 0.05) is 23.8 Å². The van der Waals surface area contributed by atoms with E-state index in [1.54, 1.807) is 23.5 Å². The number of ether oxygens (including phenoxy) is 1. The second-order valence-corrected chi connectivity index (χ2v) is 9.86. The van der Waals surface area contributed by atoms with Crippen molar-refractivity contribution in [3.8, 4) is 0 Å². The van der Waals surface area contributed by atoms with Gasteiger partial charge in [-0.25, -0.2) is 4.79 Å². The minimum absolute atomic E-state index is 0.106. The van der Waals surface area contributed by atoms with Gasteiger partial charge in [-0.2, -0.15) is 8.78 Å². The summed E-state index contributed by atoms with van der Waals surface area (Å²) in [7, 11) is 0. The fraction of sp³-hybridized carbons (Fsp3) is 0.933. The average Bonchev–Trinajstić information content (AvgIpc) is 3.10. The summed E-state index contributed by atoms with van der Waals surface area (Å²) in [6.45, 7) is 0.356. The van der Waals surface area contributed by atoms with Crippen LogP contribution in [-0.2, 0) is 9.53 Å². The van der Waals surface area contributed by atoms with Crippen LogP contribution in [0, 0.1) is 17.3 Å². The summed E-state index contributed by atoms with van der Waals surface area (Å²) in [5.74, 6) is -3.35. The highest BCUT2D eigenvalue weighted by Crippen LogP contribution is 2.66. The van der Waals surface area contributed by atoms with E-state index in [4.69, 9.17) is 4.74 Å². The summed E-state index contributed by atoms with van der Waals surface area (Å²) in [6, 6.07) is 0. The predicted octanol–water partition coefficient (Wildman–Crippen LogP) is 2.13. The zero-order valence-electron chi connectivity index (χ0n) is 13.0. The number of alkyl halides is 2. The molecule has 0 aromatic heterocycles. The SMILES string of the molecule is CC(F)(F)C(=O)OC1C2CCC(C2)C12SCC(CO)(CO)CS2. The number of esters is 1. The van der Waals surface area contributed by atoms with E-state index < -0.39 is 27.5 Å². The van der Waals surface area contributed by atoms with Gasteiger partial charge in [-0.3, -0.25) is 0 Å². The summed E-state index contributed by atoms with van der Waals surface area (Å²) in [6.07, 6.45) is 2.32. The van der Waals surface area contributed by atoms with E-state index in [2.05, 4.69) is 0 Å². The molecular weight excluding hydrogens is 346 g/mol. The normalized spacial score (nSPS) is 34.7. The number of halogens is 2. The first-order valence-electron chi connectivity index (χ1n) is 7.85. The minimum atomic E-state index is -3.48. The standard InChI is InChI=1S/C15H22F2O4S2/c1-13(16,17)12(20)21-11-9-2-3-10(4-9)15(11)22-7-14(5-18,6-19)8-23-15/h9-11,18-19H,2-8H2,1H3. The Bertz CT molecular complexity index is 469. The Balaban J connectivity index is 1.79. The third kappa shape index (κ3) is 2.89. The maximum absolute atomic E-state index is 13.2. The third-order valence-electron chi connectivity index (χ3n) is 5.34. The van der Waals surface area contributed by atoms with Crippen LogP contribution < -0.4 is 0 Å². The van der Waals surface area contributed by atoms with Crippen LogP contribution in [0.2, 0.25) is 0 Å². The van der Waals surface area contributed by atoms with Gasteiger partial charge in [0.2, 0.25) is 0 Å². The molecule has 0 aromatic rings. The monoisotopic (exact) mass is 368 g/mol. The highest BCUT2D eigenvalue weighted by atomic mass is 32.2. The molecule has 3 atom stereocenters. The number of hydrogen-bond acceptors (Lipinski definition) is 6. The van der Waals surface area contributed by atoms with Gasteiger partial charge in [0.1, 0.15) is 10.2 Å². The first-order chi connectivity index (χ1) is 10.8. The summed E-state index contributed by atoms with van der Waals surface area (Å²) in [5.41, 5.74) is -0.550. The van der Waals surface area contributed by atoms with Crippen LogP contribution >= 0.6 is 23.5 Å². The zero-order chi connectivity index (χ0) is 16.9. The molecule has 2 bridgehead atoms. The van der Waals surface area contributed by atoms with E-state index in [1.165, 1.54) is 0 Å². The molecule has 0 aromatic carbocycles. The number of aliphatic hydroxyl groups is 2. The van der Waals surface area contributed by atoms with Crippen LogP contribution in [0.3, 0.4) is 0 Å². The molecule has 1 saturated heterocycles. The largest absolute Gasteiger partial charge is 0.455 e. The summed E-state index contributed by atoms with van der Waals surface area (Å²) >= 11 is 3.15. The molecule has 3 aliphatic rings. The van der Waals surface area contributed by atoms with Gasteiger partial charge in [-0.05, 0) is 31.1 Å². The Kier molecular flexibility index (Phi) is 4.66. The number of carbonyl (C=O) groups is 1. The van der Waals surface area contributed by atoms with Crippen molar-refractivity contribution in [2.45, 2.75) is 42.3 Å². The molecule has 2 saturated carbocycles. The third-order valence-corrected chi connectivity index (χ3v) is 9.59. The number of rotatable bonds is 4. The fourth-order valence-electron chi connectivity index (χ4n) is 3.86. The number of aliphatic hydroxyl groups excluding tert-OH is 2. The van der Waals surface area contributed by atoms with Crippen LogP contribution in [0.4, 0.5) is 8.78 Å². The van der Waals surface area contributed by atoms with Gasteiger partial charge in [-0.1, -0.05) is 0 Å². The minimum Gasteiger partial charge on any atom is -0.455 e. The highest BCUT2D eigenvalue weighted by Gasteiger charge is 2.64. The first-order valence-corrected chi connectivity index (χ1v) is 9.82. The van der Waals surface area contributed by atoms with Gasteiger partial charge in [0.25, 0.3) is 0 Å². The predicted molar refractivity (Wildman–Crippen MR) is 85.6 cm³/mol. The fourth-order valence-corrected chi connectivity index (χ4v) is 8.02. The van der Waals surface area contributed by atoms with Crippen LogP contribution in [0.25, 0.3) is 0 Å². The topological polar surface area (TPSA) is 66.8 Å². The molecule has 1 aliphatic heterocycles. The average molecular weight is 368 g/mol. The Hall–Kier alpha value is -0.0500. The molecule has 1 heterocycles. The van der Waals surface area contributed by atoms with E-state index in [0.29, 0.717) is 24.3 Å². The second kappa shape index (κ2) is 6.04. The first kappa shape index (κ1) is 17.8. The van der Waals surface area contributed by atoms with Gasteiger partial charge in [-0.15, -0.1) is 23.5 Å². The van der Waals surface area contributed by atoms with E-state index in [1.807, 2.05) is 0 Å². The van der Waals surface area contributed by atoms with Crippen LogP contribution in [0.1, 0.15) is 26.2 Å². The molecule has 3 fully saturated rings. The molecule has 4 nitrogen and oxygen atoms in total. The van der Waals surface area contributed by atoms with Crippen LogP contribution in [-0.4, -0.2) is 57.0 Å². The van der Waals surface area contributed by atoms with Crippen molar-refractivity contribution >= 4 is 29.5 Å². The zero-order valence-corrected chi connectivity index (χ0v) is 14.6. The Labute approximate surface area is 142 Å². The maximum atomic E-state index is 13.2. The van der Waals surface area contributed by atoms with E-state index >= 15 is 0 Å². The number of fused-ring (bicyclic) bond motifs is 3. The second-order valence-electron chi connectivity index (χ2n) is 7.10. The van der Waals surface area contributed by atoms with Gasteiger partial charge < -0.3 is 14.9 Å². The van der Waals surface area contributed by atoms with Crippen LogP contribution in [0.15, 0.2) is 0 Å². The molecule has 3 rings (SSSR count). The lowest BCUT2D eigenvalue weighted by Gasteiger charge is -2.49. The van der Waals surface area contributed by atoms with Crippen molar-refractivity contribution in [1.82, 2.24) is 0 Å². The van der Waals surface area contributed by atoms with Crippen molar-refractivity contribution in [3.63, 3.8) is 0 Å². The Morgan fingerprint density at radius 3 is 2.39 bits per heavy atom. The molecule has 2 N–H and O–H groups in total. The lowest BCUT2D eigenvalue weighted by molar-refractivity contribution is -0.177. The highest BCUT2D eigenvalue weighted by molar-refractivity contribution is 8.19. The summed E-state index contributed by atoms with van der Waals surface area (Å²) in [4.78, 5) is 11.7. The van der Waals surface area contributed by atoms with Crippen molar-refractivity contribution in [2.75, 3.05) is 24.7 Å². The summed E-state index contributed by atoms with van der Waals surface area (Å²) in [5, 5.41) is 19.1. The lowest BCUT2D eigenvalue weighted by Crippen LogP contribution is -2.52. The number of carbonyl (C=O) groups excluding carboxylic acids is 1. The molecular formula is C15H22F2O4S2. The molecule has 23 heavy (non-hydrogen) atoms. The van der Waals surface area contributed by atoms with E-state index in [9.17, 15) is 23.8 Å². The van der Waals surface area contributed by atoms with Gasteiger partial charge in [0.05, 0.1) is 13.2 Å². The van der Waals surface area contributed by atoms with Crippen molar-refractivity contribution in [3.05, 3.63) is 0 Å². The van der Waals surface area contributed by atoms with Crippen molar-refractivity contribution < 1.29 is 28.5 Å². The molecule has 3 unspecified atom stereocenters. The Morgan fingerprint density at radius 1 is 1.26 bits per heavy atom. The number of hydrogen-bond donors (Lipinski definition) is 2. The lowest BCUT2D eigenvalue weighted by atomic mass is 9.95. The molecule has 1 spiro atoms. The Morgan fingerprint density at radius 2 is 1.87 bits per heavy atom. The maximum Gasteiger partial charge on any atom is 0.377 e. The van der Waals surface area contributed by atoms with Crippen molar-refractivity contribution in [2.24, 2.45) is 17.3 Å². The quantitative estimate of drug-likeness (QED) is 0.741. The molecule has 132 valence electrons. The number of thioether (sulfide) groups is 2. The van der Waals surface area contributed by atoms with Gasteiger partial charge >= 0.3 is 11.9 Å². The van der Waals surface area contributed by atoms with Crippen LogP contribution in [0.5, 0.6) is 0 Å². The molecule has 0 radical (unpaired) electrons. The van der Waals surface area contributed by atoms with E-state index in [-0.39, 0.29) is 19.1 Å². The van der Waals surface area contributed by atoms with E-state index in [0.717, 1.165) is 19.3 Å². The smallest absolute Gasteiger partial charge is 0.377 e. The molecule has 8 heteroatoms. The van der Waals surface area contributed by atoms with Crippen molar-refractivity contribution in [1.29, 1.82) is 0 Å². The summed E-state index contributed by atoms with van der Waals surface area (Å²) < 4.78 is 31.4. The molecule has 0 amide bonds.